The predicted octanol–water partition coefficient (Wildman–Crippen LogP) is 1.82. The van der Waals surface area contributed by atoms with Crippen LogP contribution in [0.3, 0.4) is 0 Å². The Labute approximate surface area is 125 Å². The maximum Gasteiger partial charge on any atom is 0.325 e. The van der Waals surface area contributed by atoms with E-state index < -0.39 is 17.4 Å². The molecule has 1 aliphatic carbocycles. The first-order valence-electron chi connectivity index (χ1n) is 7.53. The van der Waals surface area contributed by atoms with Gasteiger partial charge in [-0.3, -0.25) is 14.4 Å². The number of carbonyl (C=O) groups excluding carboxylic acids is 2. The van der Waals surface area contributed by atoms with Crippen LogP contribution in [0.2, 0.25) is 0 Å². The maximum atomic E-state index is 12.4. The molecule has 120 valence electrons. The number of carbonyl (C=O) groups is 3. The van der Waals surface area contributed by atoms with Crippen molar-refractivity contribution in [1.82, 2.24) is 4.90 Å². The number of aliphatic carboxylic acids is 1. The fourth-order valence-electron chi connectivity index (χ4n) is 2.88. The van der Waals surface area contributed by atoms with Crippen LogP contribution in [0.1, 0.15) is 51.9 Å². The quantitative estimate of drug-likeness (QED) is 0.725. The second-order valence-corrected chi connectivity index (χ2v) is 5.71. The van der Waals surface area contributed by atoms with Crippen molar-refractivity contribution in [3.63, 3.8) is 0 Å². The third-order valence-corrected chi connectivity index (χ3v) is 4.15. The number of hydrogen-bond acceptors (Lipinski definition) is 4. The zero-order valence-electron chi connectivity index (χ0n) is 12.9. The van der Waals surface area contributed by atoms with Gasteiger partial charge in [-0.15, -0.1) is 0 Å². The molecule has 0 saturated heterocycles. The van der Waals surface area contributed by atoms with Gasteiger partial charge in [-0.1, -0.05) is 26.2 Å². The molecular weight excluding hydrogens is 274 g/mol. The van der Waals surface area contributed by atoms with Crippen LogP contribution >= 0.6 is 0 Å². The Morgan fingerprint density at radius 3 is 2.29 bits per heavy atom. The van der Waals surface area contributed by atoms with Crippen LogP contribution in [-0.4, -0.2) is 48.1 Å². The van der Waals surface area contributed by atoms with Crippen molar-refractivity contribution in [3.05, 3.63) is 0 Å². The predicted molar refractivity (Wildman–Crippen MR) is 76.7 cm³/mol. The molecule has 0 spiro atoms. The molecule has 0 unspecified atom stereocenters. The highest BCUT2D eigenvalue weighted by molar-refractivity contribution is 5.87. The number of nitrogens with zero attached hydrogens (tertiary/aromatic N) is 1. The molecule has 1 aliphatic rings. The minimum absolute atomic E-state index is 0.0284. The van der Waals surface area contributed by atoms with Crippen LogP contribution in [0.15, 0.2) is 0 Å². The Balaban J connectivity index is 2.77. The highest BCUT2D eigenvalue weighted by Crippen LogP contribution is 2.40. The van der Waals surface area contributed by atoms with Gasteiger partial charge in [0.05, 0.1) is 12.5 Å². The molecule has 6 nitrogen and oxygen atoms in total. The molecule has 1 N–H and O–H groups in total. The largest absolute Gasteiger partial charge is 0.481 e. The summed E-state index contributed by atoms with van der Waals surface area (Å²) >= 11 is 0. The molecule has 0 aromatic carbocycles. The summed E-state index contributed by atoms with van der Waals surface area (Å²) in [5.41, 5.74) is -0.961. The van der Waals surface area contributed by atoms with Crippen molar-refractivity contribution >= 4 is 17.8 Å². The van der Waals surface area contributed by atoms with Gasteiger partial charge in [0, 0.05) is 13.0 Å². The van der Waals surface area contributed by atoms with E-state index >= 15 is 0 Å². The Kier molecular flexibility index (Phi) is 6.65. The molecule has 21 heavy (non-hydrogen) atoms. The summed E-state index contributed by atoms with van der Waals surface area (Å²) in [6.07, 6.45) is 4.44. The number of carboxylic acids is 1. The molecule has 0 atom stereocenters. The summed E-state index contributed by atoms with van der Waals surface area (Å²) < 4.78 is 4.59. The second kappa shape index (κ2) is 8.00. The van der Waals surface area contributed by atoms with Crippen molar-refractivity contribution < 1.29 is 24.2 Å². The normalized spacial score (nSPS) is 17.0. The Morgan fingerprint density at radius 1 is 1.19 bits per heavy atom. The van der Waals surface area contributed by atoms with E-state index in [9.17, 15) is 19.5 Å². The van der Waals surface area contributed by atoms with Gasteiger partial charge >= 0.3 is 11.9 Å². The van der Waals surface area contributed by atoms with E-state index in [-0.39, 0.29) is 18.9 Å². The van der Waals surface area contributed by atoms with Gasteiger partial charge in [0.2, 0.25) is 5.91 Å². The molecule has 6 heteroatoms. The van der Waals surface area contributed by atoms with Crippen molar-refractivity contribution in [1.29, 1.82) is 0 Å². The number of esters is 1. The molecule has 1 fully saturated rings. The molecule has 1 saturated carbocycles. The van der Waals surface area contributed by atoms with Gasteiger partial charge in [-0.05, 0) is 19.3 Å². The second-order valence-electron chi connectivity index (χ2n) is 5.71. The topological polar surface area (TPSA) is 83.9 Å². The summed E-state index contributed by atoms with van der Waals surface area (Å²) in [4.78, 5) is 36.8. The highest BCUT2D eigenvalue weighted by Gasteiger charge is 2.42. The standard InChI is InChI=1S/C15H25NO5/c1-3-9-16(11-13(18)21-2)12(17)10-15(14(19)20)7-5-4-6-8-15/h3-11H2,1-2H3,(H,19,20). The van der Waals surface area contributed by atoms with Crippen LogP contribution < -0.4 is 0 Å². The van der Waals surface area contributed by atoms with E-state index in [1.807, 2.05) is 6.92 Å². The SMILES string of the molecule is CCCN(CC(=O)OC)C(=O)CC1(C(=O)O)CCCCC1. The lowest BCUT2D eigenvalue weighted by Gasteiger charge is -2.34. The summed E-state index contributed by atoms with van der Waals surface area (Å²) in [7, 11) is 1.27. The molecule has 1 rings (SSSR count). The smallest absolute Gasteiger partial charge is 0.325 e. The van der Waals surface area contributed by atoms with E-state index in [0.29, 0.717) is 25.8 Å². The van der Waals surface area contributed by atoms with E-state index in [1.165, 1.54) is 12.0 Å². The molecular formula is C15H25NO5. The lowest BCUT2D eigenvalue weighted by molar-refractivity contribution is -0.157. The van der Waals surface area contributed by atoms with Crippen LogP contribution in [0.25, 0.3) is 0 Å². The van der Waals surface area contributed by atoms with Crippen molar-refractivity contribution in [2.24, 2.45) is 5.41 Å². The monoisotopic (exact) mass is 299 g/mol. The maximum absolute atomic E-state index is 12.4. The van der Waals surface area contributed by atoms with Gasteiger partial charge < -0.3 is 14.7 Å². The molecule has 0 aromatic heterocycles. The Morgan fingerprint density at radius 2 is 1.81 bits per heavy atom. The third kappa shape index (κ3) is 4.72. The summed E-state index contributed by atoms with van der Waals surface area (Å²) in [6, 6.07) is 0. The molecule has 0 aliphatic heterocycles. The van der Waals surface area contributed by atoms with Gasteiger partial charge in [0.15, 0.2) is 0 Å². The first-order chi connectivity index (χ1) is 9.95. The molecule has 1 amide bonds. The third-order valence-electron chi connectivity index (χ3n) is 4.15. The number of carboxylic acid groups (broad SMARTS) is 1. The summed E-state index contributed by atoms with van der Waals surface area (Å²) in [6.45, 7) is 2.23. The number of amides is 1. The number of rotatable bonds is 7. The average Bonchev–Trinajstić information content (AvgIpc) is 2.47. The van der Waals surface area contributed by atoms with E-state index in [1.54, 1.807) is 0 Å². The lowest BCUT2D eigenvalue weighted by Crippen LogP contribution is -2.43. The van der Waals surface area contributed by atoms with Crippen molar-refractivity contribution in [3.8, 4) is 0 Å². The summed E-state index contributed by atoms with van der Waals surface area (Å²) in [5, 5.41) is 9.52. The van der Waals surface area contributed by atoms with Crippen molar-refractivity contribution in [2.75, 3.05) is 20.2 Å². The first kappa shape index (κ1) is 17.5. The first-order valence-corrected chi connectivity index (χ1v) is 7.53. The van der Waals surface area contributed by atoms with Crippen LogP contribution in [0.5, 0.6) is 0 Å². The van der Waals surface area contributed by atoms with Crippen LogP contribution in [-0.2, 0) is 19.1 Å². The number of hydrogen-bond donors (Lipinski definition) is 1. The Hall–Kier alpha value is -1.59. The van der Waals surface area contributed by atoms with Gasteiger partial charge in [-0.25, -0.2) is 0 Å². The van der Waals surface area contributed by atoms with Crippen LogP contribution in [0.4, 0.5) is 0 Å². The fourth-order valence-corrected chi connectivity index (χ4v) is 2.88. The van der Waals surface area contributed by atoms with Gasteiger partial charge in [0.25, 0.3) is 0 Å². The fraction of sp³-hybridized carbons (Fsp3) is 0.800. The number of ether oxygens (including phenoxy) is 1. The highest BCUT2D eigenvalue weighted by atomic mass is 16.5. The lowest BCUT2D eigenvalue weighted by atomic mass is 9.71. The van der Waals surface area contributed by atoms with Crippen LogP contribution in [0, 0.1) is 5.41 Å². The zero-order chi connectivity index (χ0) is 15.9. The van der Waals surface area contributed by atoms with Gasteiger partial charge in [0.1, 0.15) is 6.54 Å². The van der Waals surface area contributed by atoms with E-state index in [4.69, 9.17) is 0 Å². The minimum Gasteiger partial charge on any atom is -0.481 e. The minimum atomic E-state index is -0.961. The number of methoxy groups -OCH3 is 1. The van der Waals surface area contributed by atoms with E-state index in [0.717, 1.165) is 19.3 Å². The molecule has 0 heterocycles. The summed E-state index contributed by atoms with van der Waals surface area (Å²) in [5.74, 6) is -1.65. The molecule has 0 aromatic rings. The van der Waals surface area contributed by atoms with E-state index in [2.05, 4.69) is 4.74 Å². The van der Waals surface area contributed by atoms with Gasteiger partial charge in [-0.2, -0.15) is 0 Å². The molecule has 0 bridgehead atoms. The Bertz CT molecular complexity index is 388. The molecule has 0 radical (unpaired) electrons. The van der Waals surface area contributed by atoms with Crippen molar-refractivity contribution in [2.45, 2.75) is 51.9 Å². The zero-order valence-corrected chi connectivity index (χ0v) is 12.9. The average molecular weight is 299 g/mol.